The average molecular weight is 508 g/mol. The van der Waals surface area contributed by atoms with E-state index in [0.717, 1.165) is 62.3 Å². The Hall–Kier alpha value is -2.77. The summed E-state index contributed by atoms with van der Waals surface area (Å²) >= 11 is 0. The molecule has 2 aliphatic carbocycles. The molecule has 2 aromatic rings. The number of carbonyl (C=O) groups excluding carboxylic acids is 1. The van der Waals surface area contributed by atoms with Gasteiger partial charge in [-0.3, -0.25) is 4.79 Å². The van der Waals surface area contributed by atoms with Crippen molar-refractivity contribution in [2.24, 2.45) is 5.92 Å². The Kier molecular flexibility index (Phi) is 6.53. The Morgan fingerprint density at radius 1 is 1.14 bits per heavy atom. The Morgan fingerprint density at radius 2 is 1.97 bits per heavy atom. The third kappa shape index (κ3) is 4.07. The molecule has 0 radical (unpaired) electrons. The number of aryl methyl sites for hydroxylation is 1. The van der Waals surface area contributed by atoms with E-state index in [1.807, 2.05) is 18.2 Å². The minimum Gasteiger partial charge on any atom is -0.497 e. The van der Waals surface area contributed by atoms with Gasteiger partial charge in [0.05, 0.1) is 7.11 Å². The molecule has 1 saturated carbocycles. The van der Waals surface area contributed by atoms with E-state index in [-0.39, 0.29) is 30.4 Å². The lowest BCUT2D eigenvalue weighted by Gasteiger charge is -2.58. The second kappa shape index (κ2) is 9.84. The average Bonchev–Trinajstić information content (AvgIpc) is 3.27. The monoisotopic (exact) mass is 507 g/mol. The molecular formula is C30H37NO6. The zero-order valence-corrected chi connectivity index (χ0v) is 22.0. The van der Waals surface area contributed by atoms with Crippen LogP contribution in [0.25, 0.3) is 0 Å². The third-order valence-electron chi connectivity index (χ3n) is 9.15. The zero-order chi connectivity index (χ0) is 25.6. The highest BCUT2D eigenvalue weighted by molar-refractivity contribution is 5.70. The predicted molar refractivity (Wildman–Crippen MR) is 138 cm³/mol. The van der Waals surface area contributed by atoms with Crippen LogP contribution in [0.2, 0.25) is 0 Å². The van der Waals surface area contributed by atoms with Crippen LogP contribution >= 0.6 is 0 Å². The maximum absolute atomic E-state index is 13.0. The van der Waals surface area contributed by atoms with E-state index >= 15 is 0 Å². The molecule has 37 heavy (non-hydrogen) atoms. The van der Waals surface area contributed by atoms with E-state index in [1.54, 1.807) is 14.2 Å². The number of rotatable bonds is 9. The van der Waals surface area contributed by atoms with Gasteiger partial charge in [-0.25, -0.2) is 0 Å². The van der Waals surface area contributed by atoms with Gasteiger partial charge < -0.3 is 28.6 Å². The molecule has 0 aromatic heterocycles. The maximum Gasteiger partial charge on any atom is 0.306 e. The smallest absolute Gasteiger partial charge is 0.306 e. The molecule has 2 heterocycles. The topological polar surface area (TPSA) is 66.5 Å². The fourth-order valence-corrected chi connectivity index (χ4v) is 7.49. The van der Waals surface area contributed by atoms with Crippen molar-refractivity contribution in [3.8, 4) is 17.2 Å². The van der Waals surface area contributed by atoms with Crippen molar-refractivity contribution in [1.82, 2.24) is 4.90 Å². The summed E-state index contributed by atoms with van der Waals surface area (Å²) in [5.41, 5.74) is 3.72. The Labute approximate surface area is 219 Å². The van der Waals surface area contributed by atoms with Crippen LogP contribution in [0.15, 0.2) is 36.4 Å². The molecule has 5 atom stereocenters. The van der Waals surface area contributed by atoms with Gasteiger partial charge >= 0.3 is 5.97 Å². The van der Waals surface area contributed by atoms with Crippen molar-refractivity contribution in [3.05, 3.63) is 53.1 Å². The van der Waals surface area contributed by atoms with Gasteiger partial charge in [0.2, 0.25) is 0 Å². The van der Waals surface area contributed by atoms with Crippen molar-refractivity contribution in [1.29, 1.82) is 0 Å². The van der Waals surface area contributed by atoms with Gasteiger partial charge in [0.1, 0.15) is 18.0 Å². The predicted octanol–water partition coefficient (Wildman–Crippen LogP) is 4.28. The number of nitrogens with zero attached hydrogens (tertiary/aromatic N) is 1. The molecule has 1 saturated heterocycles. The van der Waals surface area contributed by atoms with Gasteiger partial charge in [0, 0.05) is 30.6 Å². The summed E-state index contributed by atoms with van der Waals surface area (Å²) in [5, 5.41) is 0. The summed E-state index contributed by atoms with van der Waals surface area (Å²) in [6.45, 7) is 1.19. The second-order valence-corrected chi connectivity index (χ2v) is 11.0. The van der Waals surface area contributed by atoms with E-state index in [1.165, 1.54) is 16.7 Å². The van der Waals surface area contributed by atoms with Crippen molar-refractivity contribution in [2.75, 3.05) is 34.6 Å². The molecule has 6 rings (SSSR count). The molecule has 1 spiro atoms. The lowest BCUT2D eigenvalue weighted by atomic mass is 9.51. The zero-order valence-electron chi connectivity index (χ0n) is 22.0. The molecule has 0 N–H and O–H groups in total. The number of likely N-dealkylation sites (tertiary alicyclic amines) is 1. The normalized spacial score (nSPS) is 29.3. The van der Waals surface area contributed by atoms with Gasteiger partial charge in [-0.2, -0.15) is 0 Å². The lowest BCUT2D eigenvalue weighted by Crippen LogP contribution is -2.66. The van der Waals surface area contributed by atoms with E-state index in [4.69, 9.17) is 23.7 Å². The molecular weight excluding hydrogens is 470 g/mol. The number of methoxy groups -OCH3 is 2. The van der Waals surface area contributed by atoms with Crippen LogP contribution in [-0.2, 0) is 32.5 Å². The van der Waals surface area contributed by atoms with Crippen LogP contribution in [0.3, 0.4) is 0 Å². The van der Waals surface area contributed by atoms with Crippen molar-refractivity contribution >= 4 is 5.97 Å². The first kappa shape index (κ1) is 24.6. The van der Waals surface area contributed by atoms with E-state index < -0.39 is 0 Å². The van der Waals surface area contributed by atoms with E-state index in [9.17, 15) is 4.79 Å². The number of hydrogen-bond donors (Lipinski definition) is 0. The van der Waals surface area contributed by atoms with Crippen molar-refractivity contribution in [2.45, 2.75) is 68.6 Å². The largest absolute Gasteiger partial charge is 0.497 e. The summed E-state index contributed by atoms with van der Waals surface area (Å²) in [6, 6.07) is 12.7. The molecule has 7 nitrogen and oxygen atoms in total. The van der Waals surface area contributed by atoms with Crippen LogP contribution in [0.5, 0.6) is 17.2 Å². The summed E-state index contributed by atoms with van der Waals surface area (Å²) in [4.78, 5) is 15.5. The maximum atomic E-state index is 13.0. The van der Waals surface area contributed by atoms with Crippen LogP contribution < -0.4 is 14.2 Å². The quantitative estimate of drug-likeness (QED) is 0.371. The number of carbonyl (C=O) groups is 1. The number of hydrogen-bond acceptors (Lipinski definition) is 7. The minimum absolute atomic E-state index is 0.126. The number of ether oxygens (including phenoxy) is 5. The van der Waals surface area contributed by atoms with Crippen LogP contribution in [0.1, 0.15) is 48.8 Å². The van der Waals surface area contributed by atoms with Gasteiger partial charge in [-0.05, 0) is 87.4 Å². The first-order valence-corrected chi connectivity index (χ1v) is 13.5. The second-order valence-electron chi connectivity index (χ2n) is 11.0. The number of benzene rings is 2. The molecule has 198 valence electrons. The highest BCUT2D eigenvalue weighted by atomic mass is 16.7. The van der Waals surface area contributed by atoms with Crippen LogP contribution in [0, 0.1) is 5.92 Å². The van der Waals surface area contributed by atoms with Gasteiger partial charge in [0.15, 0.2) is 18.3 Å². The summed E-state index contributed by atoms with van der Waals surface area (Å²) in [7, 11) is 5.54. The van der Waals surface area contributed by atoms with Crippen molar-refractivity contribution in [3.63, 3.8) is 0 Å². The fraction of sp³-hybridized carbons (Fsp3) is 0.567. The third-order valence-corrected chi connectivity index (χ3v) is 9.15. The minimum atomic E-state index is -0.248. The summed E-state index contributed by atoms with van der Waals surface area (Å²) < 4.78 is 29.3. The molecule has 2 aromatic carbocycles. The van der Waals surface area contributed by atoms with Gasteiger partial charge in [0.25, 0.3) is 0 Å². The Bertz CT molecular complexity index is 1150. The first-order chi connectivity index (χ1) is 18.0. The number of esters is 1. The molecule has 2 bridgehead atoms. The van der Waals surface area contributed by atoms with Crippen LogP contribution in [0.4, 0.5) is 0 Å². The first-order valence-electron chi connectivity index (χ1n) is 13.5. The van der Waals surface area contributed by atoms with E-state index in [0.29, 0.717) is 18.4 Å². The van der Waals surface area contributed by atoms with E-state index in [2.05, 4.69) is 30.1 Å². The molecule has 2 aliphatic heterocycles. The highest BCUT2D eigenvalue weighted by Gasteiger charge is 2.66. The van der Waals surface area contributed by atoms with Crippen LogP contribution in [-0.4, -0.2) is 63.7 Å². The SMILES string of the molecule is COCOc1ccc2c3c1OC1C(OC(=O)CCCc4ccc(OC)cc4)CC[C@H]4[C@@H](C2)N(C)CC[C@]314. The molecule has 0 amide bonds. The summed E-state index contributed by atoms with van der Waals surface area (Å²) in [5.74, 6) is 2.77. The van der Waals surface area contributed by atoms with Gasteiger partial charge in [-0.15, -0.1) is 0 Å². The lowest BCUT2D eigenvalue weighted by molar-refractivity contribution is -0.166. The fourth-order valence-electron chi connectivity index (χ4n) is 7.49. The molecule has 2 fully saturated rings. The molecule has 7 heteroatoms. The summed E-state index contributed by atoms with van der Waals surface area (Å²) in [6.07, 6.45) is 5.48. The standard InChI is InChI=1S/C30H37NO6/c1-31-16-15-30-22-12-14-25(36-26(32)6-4-5-19-7-10-21(34-3)11-8-19)29(30)37-28-24(35-18-33-2)13-9-20(27(28)30)17-23(22)31/h7-11,13,22-23,25,29H,4-6,12,14-18H2,1-3H3/t22-,23+,25?,29?,30-/m0/s1. The number of piperidine rings is 1. The molecule has 4 aliphatic rings. The number of likely N-dealkylation sites (N-methyl/N-ethyl adjacent to an activating group) is 1. The van der Waals surface area contributed by atoms with Crippen molar-refractivity contribution < 1.29 is 28.5 Å². The Balaban J connectivity index is 1.20. The highest BCUT2D eigenvalue weighted by Crippen LogP contribution is 2.64. The molecule has 2 unspecified atom stereocenters. The van der Waals surface area contributed by atoms with Gasteiger partial charge in [-0.1, -0.05) is 18.2 Å². The Morgan fingerprint density at radius 3 is 2.76 bits per heavy atom.